The van der Waals surface area contributed by atoms with Crippen molar-refractivity contribution >= 4 is 10.9 Å². The third-order valence-electron chi connectivity index (χ3n) is 4.33. The van der Waals surface area contributed by atoms with Gasteiger partial charge in [0.25, 0.3) is 0 Å². The first kappa shape index (κ1) is 18.1. The zero-order valence-electron chi connectivity index (χ0n) is 15.6. The summed E-state index contributed by atoms with van der Waals surface area (Å²) in [6.45, 7) is 7.11. The normalized spacial score (nSPS) is 10.9. The molecule has 0 bridgehead atoms. The summed E-state index contributed by atoms with van der Waals surface area (Å²) in [5, 5.41) is 10.8. The molecule has 4 nitrogen and oxygen atoms in total. The molecule has 4 heteroatoms. The van der Waals surface area contributed by atoms with Gasteiger partial charge in [0, 0.05) is 17.0 Å². The van der Waals surface area contributed by atoms with E-state index in [-0.39, 0.29) is 5.75 Å². The van der Waals surface area contributed by atoms with Gasteiger partial charge < -0.3 is 14.6 Å². The van der Waals surface area contributed by atoms with Crippen molar-refractivity contribution < 1.29 is 14.6 Å². The molecule has 1 aromatic heterocycles. The first-order valence-electron chi connectivity index (χ1n) is 9.03. The quantitative estimate of drug-likeness (QED) is 0.586. The zero-order valence-corrected chi connectivity index (χ0v) is 15.6. The molecule has 2 aromatic carbocycles. The van der Waals surface area contributed by atoms with Crippen LogP contribution in [0.15, 0.2) is 42.5 Å². The number of rotatable bonds is 7. The highest BCUT2D eigenvalue weighted by atomic mass is 16.5. The lowest BCUT2D eigenvalue weighted by Crippen LogP contribution is -2.06. The summed E-state index contributed by atoms with van der Waals surface area (Å²) in [5.41, 5.74) is 3.69. The zero-order chi connectivity index (χ0) is 18.5. The molecule has 3 rings (SSSR count). The Kier molecular flexibility index (Phi) is 5.61. The van der Waals surface area contributed by atoms with Gasteiger partial charge in [-0.1, -0.05) is 25.5 Å². The number of fused-ring (bicyclic) bond motifs is 1. The second-order valence-electron chi connectivity index (χ2n) is 6.52. The summed E-state index contributed by atoms with van der Waals surface area (Å²) in [4.78, 5) is 4.76. The van der Waals surface area contributed by atoms with Gasteiger partial charge in [0.15, 0.2) is 0 Å². The van der Waals surface area contributed by atoms with Crippen molar-refractivity contribution in [1.82, 2.24) is 4.98 Å². The van der Waals surface area contributed by atoms with Crippen LogP contribution in [0.5, 0.6) is 17.2 Å². The maximum Gasteiger partial charge on any atom is 0.133 e. The van der Waals surface area contributed by atoms with Gasteiger partial charge in [-0.2, -0.15) is 0 Å². The Morgan fingerprint density at radius 3 is 2.62 bits per heavy atom. The predicted octanol–water partition coefficient (Wildman–Crippen LogP) is 5.32. The first-order chi connectivity index (χ1) is 12.6. The van der Waals surface area contributed by atoms with Gasteiger partial charge in [0.1, 0.15) is 23.9 Å². The van der Waals surface area contributed by atoms with Crippen LogP contribution in [0.25, 0.3) is 10.9 Å². The monoisotopic (exact) mass is 351 g/mol. The number of hydrogen-bond acceptors (Lipinski definition) is 4. The Morgan fingerprint density at radius 2 is 1.85 bits per heavy atom. The molecule has 0 amide bonds. The maximum atomic E-state index is 9.74. The van der Waals surface area contributed by atoms with E-state index in [0.717, 1.165) is 46.3 Å². The second-order valence-corrected chi connectivity index (χ2v) is 6.52. The summed E-state index contributed by atoms with van der Waals surface area (Å²) < 4.78 is 12.0. The molecule has 1 N–H and O–H groups in total. The standard InChI is InChI=1S/C22H25NO3/c1-4-5-10-25-22-16(3)21(23-20-9-7-6-8-19(20)22)14-26-18-12-15(2)11-17(24)13-18/h6-9,11-13,24H,4-5,10,14H2,1-3H3. The smallest absolute Gasteiger partial charge is 0.133 e. The number of phenolic OH excluding ortho intramolecular Hbond substituents is 1. The highest BCUT2D eigenvalue weighted by Gasteiger charge is 2.13. The van der Waals surface area contributed by atoms with Gasteiger partial charge in [-0.25, -0.2) is 4.98 Å². The lowest BCUT2D eigenvalue weighted by molar-refractivity contribution is 0.292. The van der Waals surface area contributed by atoms with Crippen LogP contribution >= 0.6 is 0 Å². The average Bonchev–Trinajstić information content (AvgIpc) is 2.61. The minimum atomic E-state index is 0.201. The Hall–Kier alpha value is -2.75. The number of aryl methyl sites for hydroxylation is 1. The molecule has 1 heterocycles. The van der Waals surface area contributed by atoms with E-state index >= 15 is 0 Å². The van der Waals surface area contributed by atoms with Gasteiger partial charge in [0.05, 0.1) is 17.8 Å². The van der Waals surface area contributed by atoms with Gasteiger partial charge in [0.2, 0.25) is 0 Å². The SMILES string of the molecule is CCCCOc1c(C)c(COc2cc(C)cc(O)c2)nc2ccccc12. The molecule has 0 aliphatic carbocycles. The summed E-state index contributed by atoms with van der Waals surface area (Å²) in [5.74, 6) is 1.71. The van der Waals surface area contributed by atoms with Gasteiger partial charge in [-0.3, -0.25) is 0 Å². The van der Waals surface area contributed by atoms with Crippen LogP contribution in [0.2, 0.25) is 0 Å². The number of aromatic nitrogens is 1. The molecule has 0 saturated carbocycles. The van der Waals surface area contributed by atoms with Crippen molar-refractivity contribution in [3.05, 3.63) is 59.3 Å². The van der Waals surface area contributed by atoms with Crippen LogP contribution in [0.1, 0.15) is 36.6 Å². The molecule has 0 fully saturated rings. The van der Waals surface area contributed by atoms with Crippen LogP contribution in [-0.2, 0) is 6.61 Å². The van der Waals surface area contributed by atoms with Crippen LogP contribution in [0, 0.1) is 13.8 Å². The molecule has 136 valence electrons. The van der Waals surface area contributed by atoms with Crippen LogP contribution in [0.3, 0.4) is 0 Å². The Balaban J connectivity index is 1.90. The molecule has 0 saturated heterocycles. The molecule has 3 aromatic rings. The van der Waals surface area contributed by atoms with Crippen molar-refractivity contribution in [2.24, 2.45) is 0 Å². The first-order valence-corrected chi connectivity index (χ1v) is 9.03. The highest BCUT2D eigenvalue weighted by Crippen LogP contribution is 2.31. The number of unbranched alkanes of at least 4 members (excludes halogenated alkanes) is 1. The molecular weight excluding hydrogens is 326 g/mol. The summed E-state index contributed by atoms with van der Waals surface area (Å²) >= 11 is 0. The van der Waals surface area contributed by atoms with E-state index in [1.807, 2.05) is 44.2 Å². The summed E-state index contributed by atoms with van der Waals surface area (Å²) in [6.07, 6.45) is 2.11. The fraction of sp³-hybridized carbons (Fsp3) is 0.318. The number of ether oxygens (including phenoxy) is 2. The largest absolute Gasteiger partial charge is 0.508 e. The number of hydrogen-bond donors (Lipinski definition) is 1. The van der Waals surface area contributed by atoms with Crippen LogP contribution in [-0.4, -0.2) is 16.7 Å². The molecule has 0 spiro atoms. The highest BCUT2D eigenvalue weighted by molar-refractivity contribution is 5.86. The number of aromatic hydroxyl groups is 1. The van der Waals surface area contributed by atoms with E-state index in [0.29, 0.717) is 19.0 Å². The van der Waals surface area contributed by atoms with Crippen molar-refractivity contribution in [3.63, 3.8) is 0 Å². The molecule has 0 unspecified atom stereocenters. The Labute approximate surface area is 154 Å². The molecule has 0 radical (unpaired) electrons. The lowest BCUT2D eigenvalue weighted by atomic mass is 10.1. The third kappa shape index (κ3) is 4.07. The van der Waals surface area contributed by atoms with Crippen molar-refractivity contribution in [1.29, 1.82) is 0 Å². The molecular formula is C22H25NO3. The molecule has 0 aliphatic rings. The van der Waals surface area contributed by atoms with Gasteiger partial charge in [-0.15, -0.1) is 0 Å². The third-order valence-corrected chi connectivity index (χ3v) is 4.33. The minimum Gasteiger partial charge on any atom is -0.508 e. The molecule has 26 heavy (non-hydrogen) atoms. The van der Waals surface area contributed by atoms with E-state index in [1.165, 1.54) is 0 Å². The lowest BCUT2D eigenvalue weighted by Gasteiger charge is -2.16. The molecule has 0 aliphatic heterocycles. The second kappa shape index (κ2) is 8.09. The van der Waals surface area contributed by atoms with Crippen molar-refractivity contribution in [2.45, 2.75) is 40.2 Å². The van der Waals surface area contributed by atoms with E-state index in [4.69, 9.17) is 14.5 Å². The van der Waals surface area contributed by atoms with E-state index in [1.54, 1.807) is 12.1 Å². The topological polar surface area (TPSA) is 51.6 Å². The maximum absolute atomic E-state index is 9.74. The Morgan fingerprint density at radius 1 is 1.04 bits per heavy atom. The number of pyridine rings is 1. The summed E-state index contributed by atoms with van der Waals surface area (Å²) in [6, 6.07) is 13.2. The predicted molar refractivity (Wildman–Crippen MR) is 104 cm³/mol. The van der Waals surface area contributed by atoms with Gasteiger partial charge in [-0.05, 0) is 50.1 Å². The average molecular weight is 351 g/mol. The van der Waals surface area contributed by atoms with E-state index in [9.17, 15) is 5.11 Å². The van der Waals surface area contributed by atoms with Crippen LogP contribution in [0.4, 0.5) is 0 Å². The number of benzene rings is 2. The van der Waals surface area contributed by atoms with E-state index in [2.05, 4.69) is 6.92 Å². The van der Waals surface area contributed by atoms with Crippen LogP contribution < -0.4 is 9.47 Å². The van der Waals surface area contributed by atoms with Crippen molar-refractivity contribution in [3.8, 4) is 17.2 Å². The molecule has 0 atom stereocenters. The Bertz CT molecular complexity index is 885. The number of para-hydroxylation sites is 1. The van der Waals surface area contributed by atoms with Gasteiger partial charge >= 0.3 is 0 Å². The van der Waals surface area contributed by atoms with Crippen molar-refractivity contribution in [2.75, 3.05) is 6.61 Å². The summed E-state index contributed by atoms with van der Waals surface area (Å²) in [7, 11) is 0. The minimum absolute atomic E-state index is 0.201. The fourth-order valence-corrected chi connectivity index (χ4v) is 2.93. The fourth-order valence-electron chi connectivity index (χ4n) is 2.93. The number of phenols is 1. The number of nitrogens with zero attached hydrogens (tertiary/aromatic N) is 1. The van der Waals surface area contributed by atoms with E-state index < -0.39 is 0 Å².